The predicted molar refractivity (Wildman–Crippen MR) is 167 cm³/mol. The van der Waals surface area contributed by atoms with Crippen molar-refractivity contribution in [1.82, 2.24) is 20.0 Å². The Morgan fingerprint density at radius 1 is 1.09 bits per heavy atom. The van der Waals surface area contributed by atoms with Gasteiger partial charge < -0.3 is 30.1 Å². The van der Waals surface area contributed by atoms with E-state index in [2.05, 4.69) is 41.2 Å². The molecule has 1 aliphatic carbocycles. The molecule has 8 atom stereocenters. The number of fused-ring (bicyclic) bond motifs is 1. The first-order valence-electron chi connectivity index (χ1n) is 16.3. The maximum Gasteiger partial charge on any atom is 0.246 e. The highest BCUT2D eigenvalue weighted by atomic mass is 35.5. The average Bonchev–Trinajstić information content (AvgIpc) is 3.65. The van der Waals surface area contributed by atoms with Crippen LogP contribution in [0.25, 0.3) is 0 Å². The lowest BCUT2D eigenvalue weighted by Crippen LogP contribution is -2.58. The molecule has 3 saturated heterocycles. The number of ether oxygens (including phenoxy) is 1. The van der Waals surface area contributed by atoms with Crippen molar-refractivity contribution in [2.45, 2.75) is 70.2 Å². The SMILES string of the molecule is CCN1CCN(CCCN2C(=O)[C@@H]3[C@H](C(=O)Nc4ccc(F)c(Cl)c4)[C@@H]4C=C[C@@]3(O4)[C@@H]2C(=O)N[C@@H]2CCC[C@H](C)[C@H]2C)CC1. The molecule has 6 rings (SSSR count). The van der Waals surface area contributed by atoms with E-state index in [1.54, 1.807) is 4.90 Å². The fraction of sp³-hybridized carbons (Fsp3) is 0.667. The summed E-state index contributed by atoms with van der Waals surface area (Å²) in [7, 11) is 0. The number of anilines is 1. The maximum atomic E-state index is 14.3. The molecule has 4 heterocycles. The Hall–Kier alpha value is -2.53. The topological polar surface area (TPSA) is 94.2 Å². The van der Waals surface area contributed by atoms with E-state index in [9.17, 15) is 18.8 Å². The van der Waals surface area contributed by atoms with Gasteiger partial charge in [0, 0.05) is 44.5 Å². The third-order valence-electron chi connectivity index (χ3n) is 10.9. The van der Waals surface area contributed by atoms with E-state index in [0.29, 0.717) is 24.1 Å². The van der Waals surface area contributed by atoms with Gasteiger partial charge in [0.25, 0.3) is 0 Å². The Morgan fingerprint density at radius 3 is 2.57 bits per heavy atom. The van der Waals surface area contributed by atoms with Crippen LogP contribution < -0.4 is 10.6 Å². The number of hydrogen-bond acceptors (Lipinski definition) is 6. The predicted octanol–water partition coefficient (Wildman–Crippen LogP) is 3.54. The summed E-state index contributed by atoms with van der Waals surface area (Å²) in [5, 5.41) is 6.02. The van der Waals surface area contributed by atoms with Gasteiger partial charge in [-0.15, -0.1) is 0 Å². The first-order valence-corrected chi connectivity index (χ1v) is 16.7. The van der Waals surface area contributed by atoms with Gasteiger partial charge in [-0.05, 0) is 56.0 Å². The smallest absolute Gasteiger partial charge is 0.246 e. The highest BCUT2D eigenvalue weighted by molar-refractivity contribution is 6.31. The third-order valence-corrected chi connectivity index (χ3v) is 11.2. The molecule has 0 unspecified atom stereocenters. The molecule has 1 aromatic carbocycles. The van der Waals surface area contributed by atoms with E-state index in [4.69, 9.17) is 16.3 Å². The van der Waals surface area contributed by atoms with Crippen molar-refractivity contribution in [2.24, 2.45) is 23.7 Å². The highest BCUT2D eigenvalue weighted by Gasteiger charge is 2.72. The highest BCUT2D eigenvalue weighted by Crippen LogP contribution is 2.55. The number of amides is 3. The van der Waals surface area contributed by atoms with Crippen molar-refractivity contribution in [2.75, 3.05) is 51.1 Å². The van der Waals surface area contributed by atoms with Crippen molar-refractivity contribution in [3.63, 3.8) is 0 Å². The molecule has 2 bridgehead atoms. The molecule has 2 N–H and O–H groups in total. The fourth-order valence-corrected chi connectivity index (χ4v) is 8.33. The number of rotatable bonds is 9. The number of nitrogens with one attached hydrogen (secondary N) is 2. The molecule has 1 spiro atoms. The second-order valence-corrected chi connectivity index (χ2v) is 13.8. The van der Waals surface area contributed by atoms with Crippen molar-refractivity contribution in [3.05, 3.63) is 41.2 Å². The minimum absolute atomic E-state index is 0.0263. The summed E-state index contributed by atoms with van der Waals surface area (Å²) in [5.74, 6) is -2.26. The quantitative estimate of drug-likeness (QED) is 0.406. The van der Waals surface area contributed by atoms with Gasteiger partial charge in [-0.2, -0.15) is 0 Å². The van der Waals surface area contributed by atoms with E-state index in [1.807, 2.05) is 12.2 Å². The minimum Gasteiger partial charge on any atom is -0.359 e. The normalized spacial score (nSPS) is 35.2. The number of piperazine rings is 1. The summed E-state index contributed by atoms with van der Waals surface area (Å²) in [6.45, 7) is 12.9. The Morgan fingerprint density at radius 2 is 1.84 bits per heavy atom. The van der Waals surface area contributed by atoms with Crippen LogP contribution >= 0.6 is 11.6 Å². The second kappa shape index (κ2) is 12.7. The van der Waals surface area contributed by atoms with Crippen LogP contribution in [-0.4, -0.2) is 102 Å². The van der Waals surface area contributed by atoms with E-state index in [1.165, 1.54) is 18.2 Å². The van der Waals surface area contributed by atoms with Crippen LogP contribution in [-0.2, 0) is 19.1 Å². The molecular weight excluding hydrogens is 585 g/mol. The summed E-state index contributed by atoms with van der Waals surface area (Å²) >= 11 is 5.95. The van der Waals surface area contributed by atoms with Crippen LogP contribution in [0, 0.1) is 29.5 Å². The molecule has 0 aromatic heterocycles. The van der Waals surface area contributed by atoms with E-state index in [-0.39, 0.29) is 22.9 Å². The van der Waals surface area contributed by atoms with E-state index < -0.39 is 41.3 Å². The number of halogens is 2. The molecular formula is C33H45ClFN5O4. The van der Waals surface area contributed by atoms with Crippen LogP contribution in [0.1, 0.15) is 46.5 Å². The monoisotopic (exact) mass is 629 g/mol. The molecule has 11 heteroatoms. The van der Waals surface area contributed by atoms with Crippen molar-refractivity contribution < 1.29 is 23.5 Å². The molecule has 3 amide bonds. The lowest BCUT2D eigenvalue weighted by atomic mass is 9.73. The lowest BCUT2D eigenvalue weighted by molar-refractivity contribution is -0.141. The van der Waals surface area contributed by atoms with Crippen molar-refractivity contribution in [3.8, 4) is 0 Å². The van der Waals surface area contributed by atoms with Gasteiger partial charge in [-0.25, -0.2) is 4.39 Å². The molecule has 0 radical (unpaired) electrons. The summed E-state index contributed by atoms with van der Waals surface area (Å²) in [6.07, 6.45) is 6.84. The molecule has 240 valence electrons. The van der Waals surface area contributed by atoms with Gasteiger partial charge in [0.1, 0.15) is 17.5 Å². The largest absolute Gasteiger partial charge is 0.359 e. The van der Waals surface area contributed by atoms with Gasteiger partial charge in [-0.3, -0.25) is 14.4 Å². The van der Waals surface area contributed by atoms with Crippen LogP contribution in [0.5, 0.6) is 0 Å². The fourth-order valence-electron chi connectivity index (χ4n) is 8.15. The van der Waals surface area contributed by atoms with Gasteiger partial charge in [0.15, 0.2) is 0 Å². The number of benzene rings is 1. The van der Waals surface area contributed by atoms with Crippen molar-refractivity contribution >= 4 is 35.0 Å². The van der Waals surface area contributed by atoms with Gasteiger partial charge >= 0.3 is 0 Å². The number of carbonyl (C=O) groups is 3. The molecule has 4 fully saturated rings. The number of likely N-dealkylation sites (N-methyl/N-ethyl adjacent to an activating group) is 1. The minimum atomic E-state index is -1.22. The Balaban J connectivity index is 1.23. The lowest BCUT2D eigenvalue weighted by Gasteiger charge is -2.38. The Labute approximate surface area is 264 Å². The van der Waals surface area contributed by atoms with Gasteiger partial charge in [0.05, 0.1) is 23.0 Å². The third kappa shape index (κ3) is 5.67. The molecule has 5 aliphatic rings. The zero-order valence-electron chi connectivity index (χ0n) is 25.9. The first kappa shape index (κ1) is 31.5. The summed E-state index contributed by atoms with van der Waals surface area (Å²) in [4.78, 5) is 48.7. The summed E-state index contributed by atoms with van der Waals surface area (Å²) in [5.41, 5.74) is -0.882. The molecule has 1 aromatic rings. The van der Waals surface area contributed by atoms with Crippen molar-refractivity contribution in [1.29, 1.82) is 0 Å². The zero-order valence-corrected chi connectivity index (χ0v) is 26.7. The van der Waals surface area contributed by atoms with Crippen LogP contribution in [0.4, 0.5) is 10.1 Å². The summed E-state index contributed by atoms with van der Waals surface area (Å²) in [6, 6.07) is 3.14. The van der Waals surface area contributed by atoms with E-state index >= 15 is 0 Å². The van der Waals surface area contributed by atoms with Gasteiger partial charge in [-0.1, -0.05) is 57.4 Å². The van der Waals surface area contributed by atoms with E-state index in [0.717, 1.165) is 65.0 Å². The van der Waals surface area contributed by atoms with Gasteiger partial charge in [0.2, 0.25) is 17.7 Å². The molecule has 44 heavy (non-hydrogen) atoms. The standard InChI is InChI=1S/C33H45ClFN5O4/c1-4-38-15-17-39(18-16-38)13-6-14-40-29(31(42)37-25-8-5-7-20(2)21(25)3)33-12-11-26(44-33)27(28(33)32(40)43)30(41)36-22-9-10-24(35)23(34)19-22/h9-12,19-21,25-29H,4-8,13-18H2,1-3H3,(H,36,41)(H,37,42)/t20-,21+,25+,26-,27+,28-,29-,33-/m0/s1. The molecule has 9 nitrogen and oxygen atoms in total. The number of hydrogen-bond donors (Lipinski definition) is 2. The van der Waals surface area contributed by atoms with Crippen LogP contribution in [0.3, 0.4) is 0 Å². The number of likely N-dealkylation sites (tertiary alicyclic amines) is 1. The maximum absolute atomic E-state index is 14.3. The Kier molecular flexibility index (Phi) is 9.08. The second-order valence-electron chi connectivity index (χ2n) is 13.4. The molecule has 4 aliphatic heterocycles. The first-order chi connectivity index (χ1) is 21.1. The van der Waals surface area contributed by atoms with Crippen LogP contribution in [0.15, 0.2) is 30.4 Å². The zero-order chi connectivity index (χ0) is 31.2. The number of carbonyl (C=O) groups excluding carboxylic acids is 3. The van der Waals surface area contributed by atoms with Crippen LogP contribution in [0.2, 0.25) is 5.02 Å². The number of nitrogens with zero attached hydrogens (tertiary/aromatic N) is 3. The summed E-state index contributed by atoms with van der Waals surface area (Å²) < 4.78 is 20.2. The Bertz CT molecular complexity index is 1300. The average molecular weight is 630 g/mol. The molecule has 1 saturated carbocycles.